The fourth-order valence-corrected chi connectivity index (χ4v) is 1.35. The molecule has 0 saturated heterocycles. The first-order valence-electron chi connectivity index (χ1n) is 6.02. The van der Waals surface area contributed by atoms with Gasteiger partial charge < -0.3 is 15.2 Å². The number of hydrogen-bond acceptors (Lipinski definition) is 5. The fourth-order valence-electron chi connectivity index (χ4n) is 1.35. The largest absolute Gasteiger partial charge is 0.481 e. The molecule has 0 aliphatic rings. The molecular weight excluding hydrogens is 234 g/mol. The molecule has 0 aliphatic heterocycles. The monoisotopic (exact) mass is 253 g/mol. The smallest absolute Gasteiger partial charge is 0.303 e. The van der Waals surface area contributed by atoms with Crippen LogP contribution in [-0.4, -0.2) is 33.7 Å². The lowest BCUT2D eigenvalue weighted by Gasteiger charge is -2.10. The predicted octanol–water partition coefficient (Wildman–Crippen LogP) is 1.93. The van der Waals surface area contributed by atoms with Gasteiger partial charge in [0.05, 0.1) is 18.5 Å². The number of unbranched alkanes of at least 4 members (excludes halogenated alkanes) is 1. The average molecular weight is 253 g/mol. The Hall–Kier alpha value is -1.85. The van der Waals surface area contributed by atoms with Crippen molar-refractivity contribution in [3.63, 3.8) is 0 Å². The maximum atomic E-state index is 10.3. The van der Waals surface area contributed by atoms with Gasteiger partial charge in [-0.15, -0.1) is 0 Å². The molecule has 0 saturated carbocycles. The lowest BCUT2D eigenvalue weighted by Crippen LogP contribution is -2.09. The summed E-state index contributed by atoms with van der Waals surface area (Å²) in [6.45, 7) is 4.52. The van der Waals surface area contributed by atoms with E-state index in [1.165, 1.54) is 0 Å². The highest BCUT2D eigenvalue weighted by Gasteiger charge is 2.02. The fraction of sp³-hybridized carbons (Fsp3) is 0.583. The number of nitrogens with zero attached hydrogens (tertiary/aromatic N) is 2. The molecule has 0 amide bonds. The Balaban J connectivity index is 2.31. The molecule has 100 valence electrons. The number of carboxylic acid groups (broad SMARTS) is 1. The summed E-state index contributed by atoms with van der Waals surface area (Å²) >= 11 is 0. The first-order chi connectivity index (χ1) is 8.58. The Labute approximate surface area is 106 Å². The van der Waals surface area contributed by atoms with Crippen LogP contribution in [0.3, 0.4) is 0 Å². The number of aromatic nitrogens is 2. The molecule has 6 heteroatoms. The Bertz CT molecular complexity index is 383. The van der Waals surface area contributed by atoms with Gasteiger partial charge in [0.15, 0.2) is 0 Å². The third-order valence-electron chi connectivity index (χ3n) is 2.09. The maximum Gasteiger partial charge on any atom is 0.303 e. The summed E-state index contributed by atoms with van der Waals surface area (Å²) in [5.74, 6) is 0.367. The number of ether oxygens (including phenoxy) is 1. The Morgan fingerprint density at radius 1 is 1.44 bits per heavy atom. The van der Waals surface area contributed by atoms with Crippen LogP contribution < -0.4 is 10.1 Å². The molecule has 0 bridgehead atoms. The molecule has 0 radical (unpaired) electrons. The highest BCUT2D eigenvalue weighted by atomic mass is 16.5. The molecule has 1 aromatic heterocycles. The van der Waals surface area contributed by atoms with E-state index < -0.39 is 5.97 Å². The third kappa shape index (κ3) is 6.03. The topological polar surface area (TPSA) is 84.3 Å². The van der Waals surface area contributed by atoms with Gasteiger partial charge >= 0.3 is 5.97 Å². The molecule has 18 heavy (non-hydrogen) atoms. The molecule has 0 fully saturated rings. The number of carbonyl (C=O) groups is 1. The standard InChI is InChI=1S/C12H19N3O3/c1-9(2)18-11-8-13-7-10(15-11)14-6-4-3-5-12(16)17/h7-9H,3-6H2,1-2H3,(H,14,15)(H,16,17). The van der Waals surface area contributed by atoms with Crippen molar-refractivity contribution in [1.29, 1.82) is 0 Å². The molecular formula is C12H19N3O3. The third-order valence-corrected chi connectivity index (χ3v) is 2.09. The van der Waals surface area contributed by atoms with E-state index in [1.54, 1.807) is 12.4 Å². The van der Waals surface area contributed by atoms with E-state index in [-0.39, 0.29) is 12.5 Å². The molecule has 6 nitrogen and oxygen atoms in total. The summed E-state index contributed by atoms with van der Waals surface area (Å²) in [7, 11) is 0. The van der Waals surface area contributed by atoms with Crippen molar-refractivity contribution in [3.8, 4) is 5.88 Å². The van der Waals surface area contributed by atoms with Crippen LogP contribution in [0.1, 0.15) is 33.1 Å². The minimum Gasteiger partial charge on any atom is -0.481 e. The summed E-state index contributed by atoms with van der Waals surface area (Å²) in [5, 5.41) is 11.6. The lowest BCUT2D eigenvalue weighted by molar-refractivity contribution is -0.137. The molecule has 0 spiro atoms. The summed E-state index contributed by atoms with van der Waals surface area (Å²) in [5.41, 5.74) is 0. The van der Waals surface area contributed by atoms with Crippen LogP contribution >= 0.6 is 0 Å². The summed E-state index contributed by atoms with van der Waals surface area (Å²) < 4.78 is 5.42. The minimum absolute atomic E-state index is 0.0603. The van der Waals surface area contributed by atoms with E-state index in [0.717, 1.165) is 6.42 Å². The van der Waals surface area contributed by atoms with Crippen molar-refractivity contribution in [3.05, 3.63) is 12.4 Å². The van der Waals surface area contributed by atoms with E-state index in [2.05, 4.69) is 15.3 Å². The molecule has 1 rings (SSSR count). The van der Waals surface area contributed by atoms with E-state index in [9.17, 15) is 4.79 Å². The van der Waals surface area contributed by atoms with Gasteiger partial charge in [0, 0.05) is 13.0 Å². The van der Waals surface area contributed by atoms with Crippen molar-refractivity contribution >= 4 is 11.8 Å². The van der Waals surface area contributed by atoms with E-state index >= 15 is 0 Å². The zero-order valence-corrected chi connectivity index (χ0v) is 10.7. The Kier molecular flexibility index (Phi) is 5.90. The zero-order valence-electron chi connectivity index (χ0n) is 10.7. The quantitative estimate of drug-likeness (QED) is 0.689. The normalized spacial score (nSPS) is 10.4. The van der Waals surface area contributed by atoms with Gasteiger partial charge in [-0.25, -0.2) is 0 Å². The highest BCUT2D eigenvalue weighted by Crippen LogP contribution is 2.10. The van der Waals surface area contributed by atoms with Gasteiger partial charge in [0.1, 0.15) is 5.82 Å². The minimum atomic E-state index is -0.762. The number of hydrogen-bond donors (Lipinski definition) is 2. The number of carboxylic acids is 1. The van der Waals surface area contributed by atoms with Gasteiger partial charge in [0.2, 0.25) is 5.88 Å². The van der Waals surface area contributed by atoms with Crippen molar-refractivity contribution < 1.29 is 14.6 Å². The SMILES string of the molecule is CC(C)Oc1cncc(NCCCCC(=O)O)n1. The number of anilines is 1. The lowest BCUT2D eigenvalue weighted by atomic mass is 10.2. The van der Waals surface area contributed by atoms with Crippen molar-refractivity contribution in [1.82, 2.24) is 9.97 Å². The highest BCUT2D eigenvalue weighted by molar-refractivity contribution is 5.66. The number of rotatable bonds is 8. The maximum absolute atomic E-state index is 10.3. The van der Waals surface area contributed by atoms with Crippen LogP contribution in [0.15, 0.2) is 12.4 Å². The first-order valence-corrected chi connectivity index (χ1v) is 6.02. The van der Waals surface area contributed by atoms with Crippen LogP contribution in [-0.2, 0) is 4.79 Å². The Morgan fingerprint density at radius 2 is 2.22 bits per heavy atom. The van der Waals surface area contributed by atoms with Crippen molar-refractivity contribution in [2.45, 2.75) is 39.2 Å². The molecule has 0 aromatic carbocycles. The van der Waals surface area contributed by atoms with Crippen LogP contribution in [0.4, 0.5) is 5.82 Å². The first kappa shape index (κ1) is 14.2. The van der Waals surface area contributed by atoms with Gasteiger partial charge in [-0.05, 0) is 26.7 Å². The summed E-state index contributed by atoms with van der Waals surface area (Å²) in [4.78, 5) is 18.6. The second-order valence-electron chi connectivity index (χ2n) is 4.19. The molecule has 0 aliphatic carbocycles. The molecule has 1 heterocycles. The van der Waals surface area contributed by atoms with E-state index in [0.29, 0.717) is 24.7 Å². The van der Waals surface area contributed by atoms with Gasteiger partial charge in [-0.2, -0.15) is 4.98 Å². The van der Waals surface area contributed by atoms with Crippen LogP contribution in [0.5, 0.6) is 5.88 Å². The van der Waals surface area contributed by atoms with Crippen molar-refractivity contribution in [2.24, 2.45) is 0 Å². The van der Waals surface area contributed by atoms with Crippen LogP contribution in [0.2, 0.25) is 0 Å². The molecule has 2 N–H and O–H groups in total. The van der Waals surface area contributed by atoms with Gasteiger partial charge in [-0.1, -0.05) is 0 Å². The predicted molar refractivity (Wildman–Crippen MR) is 67.8 cm³/mol. The summed E-state index contributed by atoms with van der Waals surface area (Å²) in [6.07, 6.45) is 4.87. The zero-order chi connectivity index (χ0) is 13.4. The Morgan fingerprint density at radius 3 is 2.89 bits per heavy atom. The van der Waals surface area contributed by atoms with Gasteiger partial charge in [-0.3, -0.25) is 9.78 Å². The molecule has 0 unspecified atom stereocenters. The summed E-state index contributed by atoms with van der Waals surface area (Å²) in [6, 6.07) is 0. The van der Waals surface area contributed by atoms with Crippen LogP contribution in [0, 0.1) is 0 Å². The van der Waals surface area contributed by atoms with E-state index in [1.807, 2.05) is 13.8 Å². The molecule has 1 aromatic rings. The van der Waals surface area contributed by atoms with E-state index in [4.69, 9.17) is 9.84 Å². The van der Waals surface area contributed by atoms with Crippen molar-refractivity contribution in [2.75, 3.05) is 11.9 Å². The van der Waals surface area contributed by atoms with Gasteiger partial charge in [0.25, 0.3) is 0 Å². The van der Waals surface area contributed by atoms with Crippen LogP contribution in [0.25, 0.3) is 0 Å². The number of nitrogens with one attached hydrogen (secondary N) is 1. The second kappa shape index (κ2) is 7.47. The number of aliphatic carboxylic acids is 1. The average Bonchev–Trinajstić information content (AvgIpc) is 2.27. The molecule has 0 atom stereocenters. The second-order valence-corrected chi connectivity index (χ2v) is 4.19.